The quantitative estimate of drug-likeness (QED) is 0.514. The number of H-pyrrole nitrogens is 1. The van der Waals surface area contributed by atoms with Gasteiger partial charge < -0.3 is 9.30 Å². The molecule has 0 aliphatic heterocycles. The molecule has 0 saturated carbocycles. The van der Waals surface area contributed by atoms with Crippen LogP contribution in [-0.2, 0) is 22.6 Å². The van der Waals surface area contributed by atoms with Crippen LogP contribution in [0.2, 0.25) is 0 Å². The van der Waals surface area contributed by atoms with Gasteiger partial charge in [0.05, 0.1) is 10.8 Å². The minimum atomic E-state index is -0.786. The zero-order chi connectivity index (χ0) is 20.4. The summed E-state index contributed by atoms with van der Waals surface area (Å²) in [6.45, 7) is 5.55. The highest BCUT2D eigenvalue weighted by atomic mass is 16.5. The van der Waals surface area contributed by atoms with E-state index in [0.717, 1.165) is 22.6 Å². The lowest BCUT2D eigenvalue weighted by Crippen LogP contribution is -2.33. The number of carbonyl (C=O) groups is 2. The summed E-state index contributed by atoms with van der Waals surface area (Å²) in [5.41, 5.74) is 1.28. The Bertz CT molecular complexity index is 1180. The largest absolute Gasteiger partial charge is 0.456 e. The lowest BCUT2D eigenvalue weighted by atomic mass is 10.1. The van der Waals surface area contributed by atoms with Crippen molar-refractivity contribution >= 4 is 22.5 Å². The fraction of sp³-hybridized carbons (Fsp3) is 0.300. The Morgan fingerprint density at radius 1 is 1.11 bits per heavy atom. The van der Waals surface area contributed by atoms with Crippen LogP contribution in [0, 0.1) is 13.8 Å². The van der Waals surface area contributed by atoms with E-state index in [1.807, 2.05) is 25.3 Å². The monoisotopic (exact) mass is 383 g/mol. The predicted molar refractivity (Wildman–Crippen MR) is 104 cm³/mol. The number of ketones is 1. The van der Waals surface area contributed by atoms with Gasteiger partial charge >= 0.3 is 5.97 Å². The molecule has 3 aromatic rings. The van der Waals surface area contributed by atoms with Gasteiger partial charge in [0.2, 0.25) is 5.78 Å². The highest BCUT2D eigenvalue weighted by molar-refractivity contribution is 5.99. The second kappa shape index (κ2) is 7.67. The summed E-state index contributed by atoms with van der Waals surface area (Å²) in [5.74, 6) is -1.11. The van der Waals surface area contributed by atoms with E-state index in [4.69, 9.17) is 4.74 Å². The molecule has 0 unspecified atom stereocenters. The van der Waals surface area contributed by atoms with E-state index in [-0.39, 0.29) is 16.6 Å². The Hall–Kier alpha value is -3.42. The van der Waals surface area contributed by atoms with Crippen molar-refractivity contribution in [2.45, 2.75) is 33.9 Å². The highest BCUT2D eigenvalue weighted by Gasteiger charge is 2.17. The first-order chi connectivity index (χ1) is 13.3. The van der Waals surface area contributed by atoms with Crippen LogP contribution in [-0.4, -0.2) is 32.7 Å². The maximum absolute atomic E-state index is 12.4. The zero-order valence-electron chi connectivity index (χ0n) is 15.9. The molecule has 0 fully saturated rings. The van der Waals surface area contributed by atoms with Crippen LogP contribution >= 0.6 is 0 Å². The molecule has 28 heavy (non-hydrogen) atoms. The normalized spacial score (nSPS) is 11.0. The molecule has 8 heteroatoms. The molecule has 0 atom stereocenters. The molecule has 3 rings (SSSR count). The van der Waals surface area contributed by atoms with E-state index in [9.17, 15) is 19.2 Å². The number of aromatic amines is 1. The molecule has 0 amide bonds. The van der Waals surface area contributed by atoms with Gasteiger partial charge in [0.15, 0.2) is 6.61 Å². The predicted octanol–water partition coefficient (Wildman–Crippen LogP) is 1.55. The fourth-order valence-corrected chi connectivity index (χ4v) is 3.33. The molecule has 1 N–H and O–H groups in total. The van der Waals surface area contributed by atoms with Crippen molar-refractivity contribution in [1.82, 2.24) is 14.3 Å². The van der Waals surface area contributed by atoms with E-state index in [2.05, 4.69) is 5.10 Å². The molecule has 0 spiro atoms. The van der Waals surface area contributed by atoms with Crippen LogP contribution in [0.1, 0.15) is 28.7 Å². The van der Waals surface area contributed by atoms with Crippen LogP contribution < -0.4 is 11.1 Å². The molecule has 0 radical (unpaired) electrons. The van der Waals surface area contributed by atoms with E-state index in [0.29, 0.717) is 5.56 Å². The summed E-state index contributed by atoms with van der Waals surface area (Å²) in [6.07, 6.45) is 0. The van der Waals surface area contributed by atoms with Gasteiger partial charge in [-0.3, -0.25) is 24.3 Å². The van der Waals surface area contributed by atoms with Gasteiger partial charge in [0.1, 0.15) is 6.54 Å². The van der Waals surface area contributed by atoms with Gasteiger partial charge in [0.25, 0.3) is 11.1 Å². The average molecular weight is 383 g/mol. The summed E-state index contributed by atoms with van der Waals surface area (Å²) in [5, 5.41) is 2.81. The number of fused-ring (bicyclic) bond motifs is 1. The summed E-state index contributed by atoms with van der Waals surface area (Å²) < 4.78 is 7.91. The lowest BCUT2D eigenvalue weighted by Gasteiger charge is -2.08. The van der Waals surface area contributed by atoms with E-state index >= 15 is 0 Å². The Balaban J connectivity index is 1.72. The molecule has 2 aromatic heterocycles. The van der Waals surface area contributed by atoms with Gasteiger partial charge in [-0.25, -0.2) is 4.68 Å². The van der Waals surface area contributed by atoms with Gasteiger partial charge in [-0.05, 0) is 39.0 Å². The lowest BCUT2D eigenvalue weighted by molar-refractivity contribution is -0.143. The molecule has 146 valence electrons. The summed E-state index contributed by atoms with van der Waals surface area (Å²) >= 11 is 0. The number of benzene rings is 1. The van der Waals surface area contributed by atoms with Crippen molar-refractivity contribution in [2.24, 2.45) is 0 Å². The number of nitrogens with one attached hydrogen (secondary N) is 1. The molecule has 8 nitrogen and oxygen atoms in total. The third-order valence-electron chi connectivity index (χ3n) is 4.73. The first-order valence-corrected chi connectivity index (χ1v) is 8.91. The van der Waals surface area contributed by atoms with Gasteiger partial charge in [-0.2, -0.15) is 0 Å². The van der Waals surface area contributed by atoms with Crippen molar-refractivity contribution in [3.63, 3.8) is 0 Å². The third kappa shape index (κ3) is 3.53. The molecule has 0 saturated heterocycles. The molecule has 0 bridgehead atoms. The van der Waals surface area contributed by atoms with Crippen molar-refractivity contribution < 1.29 is 14.3 Å². The molecule has 1 aromatic carbocycles. The Kier molecular flexibility index (Phi) is 5.30. The van der Waals surface area contributed by atoms with Crippen molar-refractivity contribution in [3.05, 3.63) is 68.0 Å². The van der Waals surface area contributed by atoms with Crippen LogP contribution in [0.15, 0.2) is 39.9 Å². The summed E-state index contributed by atoms with van der Waals surface area (Å²) in [7, 11) is 0. The van der Waals surface area contributed by atoms with Crippen LogP contribution in [0.3, 0.4) is 0 Å². The number of aryl methyl sites for hydroxylation is 1. The van der Waals surface area contributed by atoms with Gasteiger partial charge in [0, 0.05) is 23.5 Å². The van der Waals surface area contributed by atoms with Gasteiger partial charge in [-0.1, -0.05) is 12.1 Å². The SMILES string of the molecule is CCn1c(C)cc(C(=O)COC(=O)Cn2[nH]c(=O)c3ccccc3c2=O)c1C. The van der Waals surface area contributed by atoms with E-state index in [1.165, 1.54) is 12.1 Å². The minimum Gasteiger partial charge on any atom is -0.456 e. The highest BCUT2D eigenvalue weighted by Crippen LogP contribution is 2.15. The van der Waals surface area contributed by atoms with Crippen molar-refractivity contribution in [1.29, 1.82) is 0 Å². The standard InChI is InChI=1S/C20H21N3O5/c1-4-22-12(2)9-16(13(22)3)17(24)11-28-18(25)10-23-20(27)15-8-6-5-7-14(15)19(26)21-23/h5-9H,4,10-11H2,1-3H3,(H,21,26). The van der Waals surface area contributed by atoms with Crippen LogP contribution in [0.4, 0.5) is 0 Å². The second-order valence-corrected chi connectivity index (χ2v) is 6.49. The second-order valence-electron chi connectivity index (χ2n) is 6.49. The molecular weight excluding hydrogens is 362 g/mol. The van der Waals surface area contributed by atoms with Crippen molar-refractivity contribution in [2.75, 3.05) is 6.61 Å². The number of hydrogen-bond donors (Lipinski definition) is 1. The number of Topliss-reactive ketones (excluding diaryl/α,β-unsaturated/α-hetero) is 1. The Labute approximate surface area is 160 Å². The average Bonchev–Trinajstić information content (AvgIpc) is 2.97. The number of aromatic nitrogens is 3. The minimum absolute atomic E-state index is 0.210. The molecule has 0 aliphatic rings. The summed E-state index contributed by atoms with van der Waals surface area (Å²) in [6, 6.07) is 8.10. The third-order valence-corrected chi connectivity index (χ3v) is 4.73. The van der Waals surface area contributed by atoms with Crippen LogP contribution in [0.5, 0.6) is 0 Å². The van der Waals surface area contributed by atoms with Crippen molar-refractivity contribution in [3.8, 4) is 0 Å². The first-order valence-electron chi connectivity index (χ1n) is 8.91. The zero-order valence-corrected chi connectivity index (χ0v) is 15.9. The molecule has 0 aliphatic carbocycles. The number of rotatable bonds is 6. The number of nitrogens with zero attached hydrogens (tertiary/aromatic N) is 2. The smallest absolute Gasteiger partial charge is 0.328 e. The summed E-state index contributed by atoms with van der Waals surface area (Å²) in [4.78, 5) is 49.0. The van der Waals surface area contributed by atoms with Crippen LogP contribution in [0.25, 0.3) is 10.8 Å². The Morgan fingerprint density at radius 3 is 2.43 bits per heavy atom. The maximum Gasteiger partial charge on any atom is 0.328 e. The van der Waals surface area contributed by atoms with E-state index < -0.39 is 30.2 Å². The number of hydrogen-bond acceptors (Lipinski definition) is 5. The molecular formula is C20H21N3O5. The fourth-order valence-electron chi connectivity index (χ4n) is 3.33. The van der Waals surface area contributed by atoms with Gasteiger partial charge in [-0.15, -0.1) is 0 Å². The maximum atomic E-state index is 12.4. The first kappa shape index (κ1) is 19.3. The number of carbonyl (C=O) groups excluding carboxylic acids is 2. The topological polar surface area (TPSA) is 103 Å². The number of ether oxygens (including phenoxy) is 1. The molecule has 2 heterocycles. The Morgan fingerprint density at radius 2 is 1.79 bits per heavy atom. The van der Waals surface area contributed by atoms with E-state index in [1.54, 1.807) is 18.2 Å². The number of esters is 1.